The summed E-state index contributed by atoms with van der Waals surface area (Å²) in [5.74, 6) is -3.06. The number of nitrogens with one attached hydrogen (secondary N) is 5. The molecule has 1 aromatic heterocycles. The van der Waals surface area contributed by atoms with Crippen LogP contribution in [0.5, 0.6) is 11.5 Å². The van der Waals surface area contributed by atoms with Gasteiger partial charge in [-0.25, -0.2) is 0 Å². The van der Waals surface area contributed by atoms with Crippen LogP contribution in [0.3, 0.4) is 0 Å². The van der Waals surface area contributed by atoms with Gasteiger partial charge >= 0.3 is 0 Å². The Labute approximate surface area is 279 Å². The van der Waals surface area contributed by atoms with E-state index in [1.807, 2.05) is 12.1 Å². The number of hydrogen-bond donors (Lipinski definition) is 6. The number of ether oxygens (including phenoxy) is 1. The highest BCUT2D eigenvalue weighted by Gasteiger charge is 2.32. The molecule has 13 heteroatoms. The number of rotatable bonds is 7. The Morgan fingerprint density at radius 3 is 2.38 bits per heavy atom. The number of para-hydroxylation sites is 1. The van der Waals surface area contributed by atoms with Crippen LogP contribution in [-0.2, 0) is 32.0 Å². The summed E-state index contributed by atoms with van der Waals surface area (Å²) in [6.07, 6.45) is 1.60. The van der Waals surface area contributed by atoms with Crippen molar-refractivity contribution in [3.05, 3.63) is 89.7 Å². The lowest BCUT2D eigenvalue weighted by Gasteiger charge is -2.27. The van der Waals surface area contributed by atoms with Crippen molar-refractivity contribution < 1.29 is 33.8 Å². The van der Waals surface area contributed by atoms with Crippen molar-refractivity contribution in [3.63, 3.8) is 0 Å². The molecule has 13 nitrogen and oxygen atoms in total. The van der Waals surface area contributed by atoms with Gasteiger partial charge in [-0.1, -0.05) is 44.2 Å². The van der Waals surface area contributed by atoms with Crippen molar-refractivity contribution in [3.8, 4) is 11.5 Å². The molecule has 6 N–H and O–H groups in total. The Morgan fingerprint density at radius 1 is 0.938 bits per heavy atom. The Hall–Kier alpha value is -5.46. The van der Waals surface area contributed by atoms with Crippen LogP contribution >= 0.6 is 0 Å². The van der Waals surface area contributed by atoms with Crippen molar-refractivity contribution >= 4 is 29.5 Å². The predicted octanol–water partition coefficient (Wildman–Crippen LogP) is 1.40. The fourth-order valence-electron chi connectivity index (χ4n) is 5.10. The topological polar surface area (TPSA) is 188 Å². The number of fused-ring (bicyclic) bond motifs is 1. The SMILES string of the molecule is CC(C)[C@H]1NC(=O)[C@H](Cc2ccc(O)cc2)NC(=O)C[C@@H](C(=O)NCCc2ccccn2)NC(=O)c2ccccc2OC[C@H](C)NC1=O. The number of hydrogen-bond acceptors (Lipinski definition) is 8. The lowest BCUT2D eigenvalue weighted by molar-refractivity contribution is -0.133. The van der Waals surface area contributed by atoms with E-state index in [0.717, 1.165) is 5.69 Å². The van der Waals surface area contributed by atoms with Gasteiger partial charge in [0.25, 0.3) is 5.91 Å². The number of benzene rings is 2. The third kappa shape index (κ3) is 10.3. The second-order valence-electron chi connectivity index (χ2n) is 12.0. The first-order valence-corrected chi connectivity index (χ1v) is 15.9. The Kier molecular flexibility index (Phi) is 12.5. The number of carbonyl (C=O) groups is 5. The summed E-state index contributed by atoms with van der Waals surface area (Å²) in [5, 5.41) is 23.5. The lowest BCUT2D eigenvalue weighted by Crippen LogP contribution is -2.57. The molecule has 2 aromatic carbocycles. The number of carbonyl (C=O) groups excluding carboxylic acids is 5. The van der Waals surface area contributed by atoms with Gasteiger partial charge in [0, 0.05) is 31.3 Å². The molecule has 5 amide bonds. The molecule has 48 heavy (non-hydrogen) atoms. The van der Waals surface area contributed by atoms with Crippen molar-refractivity contribution in [2.45, 2.75) is 64.2 Å². The lowest BCUT2D eigenvalue weighted by atomic mass is 10.0. The molecule has 0 saturated heterocycles. The second kappa shape index (κ2) is 16.9. The normalized spacial score (nSPS) is 21.0. The van der Waals surface area contributed by atoms with Gasteiger partial charge in [0.2, 0.25) is 23.6 Å². The molecule has 0 unspecified atom stereocenters. The molecule has 0 bridgehead atoms. The third-order valence-electron chi connectivity index (χ3n) is 7.70. The minimum atomic E-state index is -1.31. The minimum Gasteiger partial charge on any atom is -0.508 e. The summed E-state index contributed by atoms with van der Waals surface area (Å²) in [6.45, 7) is 5.51. The van der Waals surface area contributed by atoms with Gasteiger partial charge < -0.3 is 36.4 Å². The first-order chi connectivity index (χ1) is 23.0. The average Bonchev–Trinajstić information content (AvgIpc) is 3.06. The molecule has 2 heterocycles. The van der Waals surface area contributed by atoms with E-state index in [0.29, 0.717) is 12.0 Å². The van der Waals surface area contributed by atoms with Gasteiger partial charge in [0.05, 0.1) is 18.0 Å². The minimum absolute atomic E-state index is 0.00967. The highest BCUT2D eigenvalue weighted by Crippen LogP contribution is 2.19. The van der Waals surface area contributed by atoms with E-state index in [1.165, 1.54) is 18.2 Å². The first-order valence-electron chi connectivity index (χ1n) is 15.9. The highest BCUT2D eigenvalue weighted by molar-refractivity contribution is 6.01. The Balaban J connectivity index is 1.64. The number of aromatic nitrogens is 1. The van der Waals surface area contributed by atoms with E-state index >= 15 is 0 Å². The zero-order chi connectivity index (χ0) is 34.6. The average molecular weight is 659 g/mol. The summed E-state index contributed by atoms with van der Waals surface area (Å²) in [5.41, 5.74) is 1.52. The molecule has 0 spiro atoms. The van der Waals surface area contributed by atoms with Crippen molar-refractivity contribution in [1.29, 1.82) is 0 Å². The van der Waals surface area contributed by atoms with Crippen molar-refractivity contribution in [1.82, 2.24) is 31.6 Å². The maximum absolute atomic E-state index is 13.7. The van der Waals surface area contributed by atoms with E-state index in [2.05, 4.69) is 31.6 Å². The van der Waals surface area contributed by atoms with Crippen molar-refractivity contribution in [2.75, 3.05) is 13.2 Å². The molecule has 1 aliphatic rings. The van der Waals surface area contributed by atoms with Crippen LogP contribution in [0.25, 0.3) is 0 Å². The second-order valence-corrected chi connectivity index (χ2v) is 12.0. The maximum atomic E-state index is 13.7. The van der Waals surface area contributed by atoms with Crippen LogP contribution in [0, 0.1) is 5.92 Å². The standard InChI is InChI=1S/C35H42N6O7/c1-21(2)31-35(47)38-22(3)20-48-29-10-5-4-9-26(29)32(44)40-28(33(45)37-17-15-24-8-6-7-16-36-24)19-30(43)39-27(34(46)41-31)18-23-11-13-25(42)14-12-23/h4-14,16,21-22,27-28,31,42H,15,17-20H2,1-3H3,(H,37,45)(H,38,47)(H,39,43)(H,40,44)(H,41,46)/t22-,27-,28-,31+/m0/s1. The van der Waals surface area contributed by atoms with Gasteiger partial charge in [-0.2, -0.15) is 0 Å². The molecule has 4 rings (SSSR count). The zero-order valence-corrected chi connectivity index (χ0v) is 27.2. The summed E-state index contributed by atoms with van der Waals surface area (Å²) < 4.78 is 5.92. The van der Waals surface area contributed by atoms with Crippen LogP contribution in [-0.4, -0.2) is 76.9 Å². The number of aromatic hydroxyl groups is 1. The van der Waals surface area contributed by atoms with E-state index < -0.39 is 60.1 Å². The Bertz CT molecular complexity index is 1580. The van der Waals surface area contributed by atoms with E-state index in [9.17, 15) is 29.1 Å². The number of pyridine rings is 1. The molecule has 3 aromatic rings. The molecule has 0 fully saturated rings. The predicted molar refractivity (Wildman–Crippen MR) is 177 cm³/mol. The monoisotopic (exact) mass is 658 g/mol. The van der Waals surface area contributed by atoms with Crippen molar-refractivity contribution in [2.24, 2.45) is 5.92 Å². The highest BCUT2D eigenvalue weighted by atomic mass is 16.5. The van der Waals surface area contributed by atoms with Crippen LogP contribution in [0.15, 0.2) is 72.9 Å². The summed E-state index contributed by atoms with van der Waals surface area (Å²) in [4.78, 5) is 71.8. The van der Waals surface area contributed by atoms with Crippen LogP contribution in [0.2, 0.25) is 0 Å². The molecule has 0 saturated carbocycles. The first kappa shape index (κ1) is 35.4. The molecule has 254 valence electrons. The Morgan fingerprint density at radius 2 is 1.67 bits per heavy atom. The van der Waals surface area contributed by atoms with Gasteiger partial charge in [-0.05, 0) is 54.8 Å². The van der Waals surface area contributed by atoms with E-state index in [-0.39, 0.29) is 42.6 Å². The van der Waals surface area contributed by atoms with Gasteiger partial charge in [-0.15, -0.1) is 0 Å². The van der Waals surface area contributed by atoms with Gasteiger partial charge in [-0.3, -0.25) is 29.0 Å². The van der Waals surface area contributed by atoms with E-state index in [1.54, 1.807) is 63.4 Å². The number of phenols is 1. The molecular formula is C35H42N6O7. The number of phenolic OH excluding ortho intramolecular Hbond substituents is 1. The van der Waals surface area contributed by atoms with E-state index in [4.69, 9.17) is 4.74 Å². The van der Waals surface area contributed by atoms with Gasteiger partial charge in [0.1, 0.15) is 36.2 Å². The maximum Gasteiger partial charge on any atom is 0.255 e. The molecule has 4 atom stereocenters. The summed E-state index contributed by atoms with van der Waals surface area (Å²) in [6, 6.07) is 14.1. The van der Waals surface area contributed by atoms with Crippen LogP contribution in [0.1, 0.15) is 48.8 Å². The smallest absolute Gasteiger partial charge is 0.255 e. The largest absolute Gasteiger partial charge is 0.508 e. The number of nitrogens with zero attached hydrogens (tertiary/aromatic N) is 1. The fourth-order valence-corrected chi connectivity index (χ4v) is 5.10. The van der Waals surface area contributed by atoms with Gasteiger partial charge in [0.15, 0.2) is 0 Å². The zero-order valence-electron chi connectivity index (χ0n) is 27.2. The summed E-state index contributed by atoms with van der Waals surface area (Å²) >= 11 is 0. The molecular weight excluding hydrogens is 616 g/mol. The number of amides is 5. The van der Waals surface area contributed by atoms with Crippen LogP contribution < -0.4 is 31.3 Å². The molecule has 1 aliphatic heterocycles. The van der Waals surface area contributed by atoms with Crippen LogP contribution in [0.4, 0.5) is 0 Å². The quantitative estimate of drug-likeness (QED) is 0.220. The molecule has 0 aliphatic carbocycles. The third-order valence-corrected chi connectivity index (χ3v) is 7.70. The molecule has 0 radical (unpaired) electrons. The fraction of sp³-hybridized carbons (Fsp3) is 0.371. The summed E-state index contributed by atoms with van der Waals surface area (Å²) in [7, 11) is 0.